The van der Waals surface area contributed by atoms with Crippen LogP contribution >= 0.6 is 11.8 Å². The van der Waals surface area contributed by atoms with Crippen LogP contribution < -0.4 is 10.4 Å². The van der Waals surface area contributed by atoms with Gasteiger partial charge >= 0.3 is 5.97 Å². The van der Waals surface area contributed by atoms with Crippen LogP contribution in [0, 0.1) is 11.8 Å². The molecule has 142 valence electrons. The fourth-order valence-corrected chi connectivity index (χ4v) is 3.75. The van der Waals surface area contributed by atoms with Crippen molar-refractivity contribution in [2.45, 2.75) is 43.0 Å². The Labute approximate surface area is 157 Å². The van der Waals surface area contributed by atoms with Crippen LogP contribution in [0.2, 0.25) is 0 Å². The smallest absolute Gasteiger partial charge is 0.307 e. The Bertz CT molecular complexity index is 646. The highest BCUT2D eigenvalue weighted by atomic mass is 32.2. The Kier molecular flexibility index (Phi) is 7.50. The fourth-order valence-electron chi connectivity index (χ4n) is 3.34. The topological polar surface area (TPSA) is 95.5 Å². The molecule has 1 aromatic rings. The number of ether oxygens (including phenoxy) is 1. The van der Waals surface area contributed by atoms with E-state index in [1.807, 2.05) is 30.5 Å². The molecule has 1 aliphatic rings. The summed E-state index contributed by atoms with van der Waals surface area (Å²) in [6, 6.07) is 6.99. The van der Waals surface area contributed by atoms with Crippen LogP contribution in [0.5, 0.6) is 0 Å². The molecule has 0 unspecified atom stereocenters. The third-order valence-electron chi connectivity index (χ3n) is 4.84. The van der Waals surface area contributed by atoms with Gasteiger partial charge in [-0.1, -0.05) is 25.0 Å². The number of aliphatic carboxylic acids is 1. The summed E-state index contributed by atoms with van der Waals surface area (Å²) in [5, 5.41) is 14.2. The zero-order chi connectivity index (χ0) is 19.1. The summed E-state index contributed by atoms with van der Waals surface area (Å²) in [5.41, 5.74) is 0.780. The number of benzene rings is 1. The van der Waals surface area contributed by atoms with Gasteiger partial charge in [-0.15, -0.1) is 11.8 Å². The van der Waals surface area contributed by atoms with E-state index in [-0.39, 0.29) is 12.3 Å². The van der Waals surface area contributed by atoms with Crippen molar-refractivity contribution < 1.29 is 24.2 Å². The third kappa shape index (κ3) is 5.24. The molecule has 1 aromatic carbocycles. The van der Waals surface area contributed by atoms with Gasteiger partial charge in [0.15, 0.2) is 0 Å². The summed E-state index contributed by atoms with van der Waals surface area (Å²) >= 11 is 1.60. The molecule has 1 N–H and O–H groups in total. The van der Waals surface area contributed by atoms with Crippen molar-refractivity contribution in [2.75, 3.05) is 13.4 Å². The molecular weight excluding hydrogens is 354 g/mol. The van der Waals surface area contributed by atoms with Crippen LogP contribution in [-0.4, -0.2) is 31.2 Å². The Morgan fingerprint density at radius 2 is 1.81 bits per heavy atom. The molecular formula is C19H24NO5S-. The van der Waals surface area contributed by atoms with Crippen LogP contribution in [0.4, 0.5) is 0 Å². The number of carbonyl (C=O) groups is 3. The maximum Gasteiger partial charge on any atom is 0.307 e. The van der Waals surface area contributed by atoms with E-state index in [4.69, 9.17) is 4.74 Å². The molecule has 26 heavy (non-hydrogen) atoms. The second-order valence-corrected chi connectivity index (χ2v) is 7.31. The first kappa shape index (κ1) is 20.3. The minimum atomic E-state index is -1.18. The summed E-state index contributed by atoms with van der Waals surface area (Å²) in [5.74, 6) is -3.37. The van der Waals surface area contributed by atoms with Crippen LogP contribution in [0.1, 0.15) is 43.7 Å². The number of esters is 1. The van der Waals surface area contributed by atoms with Gasteiger partial charge in [-0.05, 0) is 36.8 Å². The lowest BCUT2D eigenvalue weighted by molar-refractivity contribution is -0.314. The number of thioether (sulfide) groups is 1. The Morgan fingerprint density at radius 1 is 1.19 bits per heavy atom. The van der Waals surface area contributed by atoms with Gasteiger partial charge in [0, 0.05) is 22.7 Å². The molecule has 0 heterocycles. The van der Waals surface area contributed by atoms with Gasteiger partial charge in [0.25, 0.3) is 0 Å². The number of carboxylic acid groups (broad SMARTS) is 1. The monoisotopic (exact) mass is 378 g/mol. The van der Waals surface area contributed by atoms with E-state index in [0.717, 1.165) is 23.3 Å². The molecule has 0 radical (unpaired) electrons. The van der Waals surface area contributed by atoms with E-state index in [1.165, 1.54) is 7.11 Å². The summed E-state index contributed by atoms with van der Waals surface area (Å²) < 4.78 is 4.74. The quantitative estimate of drug-likeness (QED) is 0.573. The highest BCUT2D eigenvalue weighted by Gasteiger charge is 2.33. The van der Waals surface area contributed by atoms with Gasteiger partial charge in [0.05, 0.1) is 19.6 Å². The SMILES string of the molecule is COC(=O)C[C@@H](NC(=O)[C@H]1CCCC[C@@H]1C(=O)[O-])c1ccc(SC)cc1. The lowest BCUT2D eigenvalue weighted by Crippen LogP contribution is -2.45. The van der Waals surface area contributed by atoms with E-state index in [2.05, 4.69) is 5.32 Å². The van der Waals surface area contributed by atoms with Crippen LogP contribution in [0.3, 0.4) is 0 Å². The minimum Gasteiger partial charge on any atom is -0.550 e. The van der Waals surface area contributed by atoms with Gasteiger partial charge in [-0.3, -0.25) is 9.59 Å². The van der Waals surface area contributed by atoms with E-state index in [1.54, 1.807) is 11.8 Å². The van der Waals surface area contributed by atoms with Gasteiger partial charge in [0.2, 0.25) is 5.91 Å². The molecule has 2 rings (SSSR count). The fraction of sp³-hybridized carbons (Fsp3) is 0.526. The molecule has 1 aliphatic carbocycles. The number of nitrogens with one attached hydrogen (secondary N) is 1. The number of methoxy groups -OCH3 is 1. The van der Waals surface area contributed by atoms with E-state index in [0.29, 0.717) is 12.8 Å². The third-order valence-corrected chi connectivity index (χ3v) is 5.58. The average molecular weight is 378 g/mol. The highest BCUT2D eigenvalue weighted by Crippen LogP contribution is 2.31. The number of carbonyl (C=O) groups excluding carboxylic acids is 3. The zero-order valence-electron chi connectivity index (χ0n) is 15.0. The molecule has 7 heteroatoms. The molecule has 1 saturated carbocycles. The van der Waals surface area contributed by atoms with Crippen LogP contribution in [0.25, 0.3) is 0 Å². The van der Waals surface area contributed by atoms with Gasteiger partial charge in [0.1, 0.15) is 0 Å². The first-order valence-electron chi connectivity index (χ1n) is 8.68. The Morgan fingerprint density at radius 3 is 2.35 bits per heavy atom. The minimum absolute atomic E-state index is 0.0104. The molecule has 0 bridgehead atoms. The van der Waals surface area contributed by atoms with Crippen molar-refractivity contribution >= 4 is 29.6 Å². The van der Waals surface area contributed by atoms with Crippen LogP contribution in [-0.2, 0) is 19.1 Å². The van der Waals surface area contributed by atoms with Crippen molar-refractivity contribution in [1.29, 1.82) is 0 Å². The van der Waals surface area contributed by atoms with Crippen molar-refractivity contribution in [3.63, 3.8) is 0 Å². The molecule has 0 aromatic heterocycles. The van der Waals surface area contributed by atoms with Crippen LogP contribution in [0.15, 0.2) is 29.2 Å². The average Bonchev–Trinajstić information content (AvgIpc) is 2.67. The Balaban J connectivity index is 2.17. The molecule has 3 atom stereocenters. The molecule has 1 amide bonds. The number of hydrogen-bond donors (Lipinski definition) is 1. The number of hydrogen-bond acceptors (Lipinski definition) is 6. The predicted molar refractivity (Wildman–Crippen MR) is 96.2 cm³/mol. The summed E-state index contributed by atoms with van der Waals surface area (Å²) in [4.78, 5) is 36.9. The standard InChI is InChI=1S/C19H25NO5S/c1-25-17(21)11-16(12-7-9-13(26-2)10-8-12)20-18(22)14-5-3-4-6-15(14)19(23)24/h7-10,14-16H,3-6,11H2,1-2H3,(H,20,22)(H,23,24)/p-1/t14-,15-,16+/m0/s1. The lowest BCUT2D eigenvalue weighted by Gasteiger charge is -2.32. The lowest BCUT2D eigenvalue weighted by atomic mass is 9.78. The summed E-state index contributed by atoms with van der Waals surface area (Å²) in [6.07, 6.45) is 4.51. The van der Waals surface area contributed by atoms with E-state index >= 15 is 0 Å². The second-order valence-electron chi connectivity index (χ2n) is 6.43. The maximum atomic E-state index is 12.7. The maximum absolute atomic E-state index is 12.7. The molecule has 1 fully saturated rings. The first-order chi connectivity index (χ1) is 12.5. The predicted octanol–water partition coefficient (Wildman–Crippen LogP) is 1.69. The highest BCUT2D eigenvalue weighted by molar-refractivity contribution is 7.98. The summed E-state index contributed by atoms with van der Waals surface area (Å²) in [6.45, 7) is 0. The van der Waals surface area contributed by atoms with Gasteiger partial charge in [-0.25, -0.2) is 0 Å². The first-order valence-corrected chi connectivity index (χ1v) is 9.90. The normalized spacial score (nSPS) is 20.8. The molecule has 6 nitrogen and oxygen atoms in total. The van der Waals surface area contributed by atoms with Gasteiger partial charge in [-0.2, -0.15) is 0 Å². The largest absolute Gasteiger partial charge is 0.550 e. The number of carboxylic acids is 1. The number of amides is 1. The van der Waals surface area contributed by atoms with Crippen molar-refractivity contribution in [1.82, 2.24) is 5.32 Å². The van der Waals surface area contributed by atoms with Crippen molar-refractivity contribution in [2.24, 2.45) is 11.8 Å². The van der Waals surface area contributed by atoms with E-state index < -0.39 is 29.8 Å². The summed E-state index contributed by atoms with van der Waals surface area (Å²) in [7, 11) is 1.30. The second kappa shape index (κ2) is 9.62. The van der Waals surface area contributed by atoms with Gasteiger partial charge < -0.3 is 20.0 Å². The molecule has 0 spiro atoms. The zero-order valence-corrected chi connectivity index (χ0v) is 15.8. The Hall–Kier alpha value is -2.02. The molecule has 0 aliphatic heterocycles. The van der Waals surface area contributed by atoms with Crippen molar-refractivity contribution in [3.8, 4) is 0 Å². The van der Waals surface area contributed by atoms with E-state index in [9.17, 15) is 19.5 Å². The number of rotatable bonds is 7. The van der Waals surface area contributed by atoms with Crippen molar-refractivity contribution in [3.05, 3.63) is 29.8 Å². The molecule has 0 saturated heterocycles.